The fourth-order valence-corrected chi connectivity index (χ4v) is 3.94. The molecule has 2 atom stereocenters. The summed E-state index contributed by atoms with van der Waals surface area (Å²) in [6.45, 7) is 2.62. The van der Waals surface area contributed by atoms with Crippen LogP contribution in [0.2, 0.25) is 0 Å². The topological polar surface area (TPSA) is 66.8 Å². The van der Waals surface area contributed by atoms with Gasteiger partial charge in [-0.15, -0.1) is 0 Å². The Kier molecular flexibility index (Phi) is 5.25. The number of carboxylic acids is 1. The van der Waals surface area contributed by atoms with Gasteiger partial charge in [0.2, 0.25) is 5.91 Å². The molecule has 21 heavy (non-hydrogen) atoms. The third kappa shape index (κ3) is 3.39. The number of carboxylic acid groups (broad SMARTS) is 1. The largest absolute Gasteiger partial charge is 0.481 e. The molecule has 0 radical (unpaired) electrons. The first-order valence-electron chi connectivity index (χ1n) is 8.08. The van der Waals surface area contributed by atoms with E-state index in [0.29, 0.717) is 13.0 Å². The molecular weight excluding hydrogens is 270 g/mol. The number of likely N-dealkylation sites (tertiary alicyclic amines) is 1. The number of amides is 1. The molecule has 0 bridgehead atoms. The Hall–Kier alpha value is -1.10. The van der Waals surface area contributed by atoms with Crippen LogP contribution in [0.1, 0.15) is 58.3 Å². The Bertz CT molecular complexity index is 390. The average molecular weight is 297 g/mol. The smallest absolute Gasteiger partial charge is 0.305 e. The van der Waals surface area contributed by atoms with Gasteiger partial charge in [0.25, 0.3) is 0 Å². The van der Waals surface area contributed by atoms with Crippen LogP contribution in [0.4, 0.5) is 0 Å². The van der Waals surface area contributed by atoms with Gasteiger partial charge in [-0.2, -0.15) is 0 Å². The Morgan fingerprint density at radius 1 is 1.29 bits per heavy atom. The second-order valence-corrected chi connectivity index (χ2v) is 6.50. The molecule has 0 aromatic rings. The highest BCUT2D eigenvalue weighted by Crippen LogP contribution is 2.42. The first kappa shape index (κ1) is 16.3. The second kappa shape index (κ2) is 6.77. The molecule has 120 valence electrons. The minimum atomic E-state index is -0.844. The van der Waals surface area contributed by atoms with Crippen LogP contribution in [0, 0.1) is 5.41 Å². The van der Waals surface area contributed by atoms with E-state index in [9.17, 15) is 9.59 Å². The molecule has 2 fully saturated rings. The molecule has 5 nitrogen and oxygen atoms in total. The van der Waals surface area contributed by atoms with Gasteiger partial charge >= 0.3 is 5.97 Å². The van der Waals surface area contributed by atoms with Crippen LogP contribution in [0.5, 0.6) is 0 Å². The van der Waals surface area contributed by atoms with Crippen molar-refractivity contribution in [1.82, 2.24) is 4.90 Å². The minimum Gasteiger partial charge on any atom is -0.481 e. The van der Waals surface area contributed by atoms with Crippen molar-refractivity contribution in [2.45, 2.75) is 70.4 Å². The number of nitrogens with zero attached hydrogens (tertiary/aromatic N) is 1. The number of aliphatic carboxylic acids is 1. The van der Waals surface area contributed by atoms with Crippen LogP contribution in [0.15, 0.2) is 0 Å². The molecule has 2 rings (SSSR count). The predicted octanol–water partition coefficient (Wildman–Crippen LogP) is 2.44. The highest BCUT2D eigenvalue weighted by molar-refractivity contribution is 5.84. The van der Waals surface area contributed by atoms with Gasteiger partial charge < -0.3 is 14.7 Å². The molecule has 0 spiro atoms. The van der Waals surface area contributed by atoms with Crippen molar-refractivity contribution >= 4 is 11.9 Å². The van der Waals surface area contributed by atoms with Crippen molar-refractivity contribution in [1.29, 1.82) is 0 Å². The summed E-state index contributed by atoms with van der Waals surface area (Å²) in [5.41, 5.74) is -0.266. The van der Waals surface area contributed by atoms with Gasteiger partial charge in [0, 0.05) is 25.1 Å². The Balaban J connectivity index is 2.15. The van der Waals surface area contributed by atoms with Gasteiger partial charge in [-0.25, -0.2) is 0 Å². The van der Waals surface area contributed by atoms with Gasteiger partial charge in [-0.1, -0.05) is 26.2 Å². The number of hydrogen-bond acceptors (Lipinski definition) is 3. The van der Waals surface area contributed by atoms with Crippen molar-refractivity contribution in [3.05, 3.63) is 0 Å². The lowest BCUT2D eigenvalue weighted by Gasteiger charge is -2.39. The van der Waals surface area contributed by atoms with Crippen molar-refractivity contribution in [2.75, 3.05) is 13.7 Å². The third-order valence-electron chi connectivity index (χ3n) is 5.32. The predicted molar refractivity (Wildman–Crippen MR) is 79.0 cm³/mol. The highest BCUT2D eigenvalue weighted by Gasteiger charge is 2.45. The maximum atomic E-state index is 13.1. The molecule has 0 aromatic heterocycles. The number of carbonyl (C=O) groups excluding carboxylic acids is 1. The van der Waals surface area contributed by atoms with Crippen molar-refractivity contribution in [2.24, 2.45) is 5.41 Å². The maximum Gasteiger partial charge on any atom is 0.305 e. The number of hydrogen-bond donors (Lipinski definition) is 1. The van der Waals surface area contributed by atoms with Crippen molar-refractivity contribution < 1.29 is 19.4 Å². The van der Waals surface area contributed by atoms with Gasteiger partial charge in [-0.3, -0.25) is 9.59 Å². The average Bonchev–Trinajstić information content (AvgIpc) is 2.89. The van der Waals surface area contributed by atoms with Crippen molar-refractivity contribution in [3.63, 3.8) is 0 Å². The summed E-state index contributed by atoms with van der Waals surface area (Å²) >= 11 is 0. The number of methoxy groups -OCH3 is 1. The van der Waals surface area contributed by atoms with E-state index >= 15 is 0 Å². The molecule has 1 aliphatic carbocycles. The SMILES string of the molecule is CCC1(C(=O)N2CC(OC)CC2CC(=O)O)CCCCC1. The molecule has 2 aliphatic rings. The summed E-state index contributed by atoms with van der Waals surface area (Å²) in [5.74, 6) is -0.681. The summed E-state index contributed by atoms with van der Waals surface area (Å²) in [6, 6.07) is -0.217. The summed E-state index contributed by atoms with van der Waals surface area (Å²) in [4.78, 5) is 26.0. The number of ether oxygens (including phenoxy) is 1. The lowest BCUT2D eigenvalue weighted by molar-refractivity contribution is -0.147. The Labute approximate surface area is 126 Å². The van der Waals surface area contributed by atoms with Crippen LogP contribution in [0.3, 0.4) is 0 Å². The van der Waals surface area contributed by atoms with E-state index in [4.69, 9.17) is 9.84 Å². The van der Waals surface area contributed by atoms with Crippen LogP contribution >= 0.6 is 0 Å². The van der Waals surface area contributed by atoms with Crippen LogP contribution < -0.4 is 0 Å². The zero-order valence-electron chi connectivity index (χ0n) is 13.1. The lowest BCUT2D eigenvalue weighted by Crippen LogP contribution is -2.47. The molecular formula is C16H27NO4. The van der Waals surface area contributed by atoms with Gasteiger partial charge in [-0.05, 0) is 25.7 Å². The van der Waals surface area contributed by atoms with Crippen LogP contribution in [-0.2, 0) is 14.3 Å². The first-order chi connectivity index (χ1) is 10.0. The number of rotatable bonds is 5. The number of carbonyl (C=O) groups is 2. The van der Waals surface area contributed by atoms with E-state index in [0.717, 1.165) is 32.1 Å². The van der Waals surface area contributed by atoms with Crippen LogP contribution in [0.25, 0.3) is 0 Å². The van der Waals surface area contributed by atoms with Crippen molar-refractivity contribution in [3.8, 4) is 0 Å². The molecule has 2 unspecified atom stereocenters. The molecule has 1 heterocycles. The van der Waals surface area contributed by atoms with E-state index in [1.54, 1.807) is 12.0 Å². The maximum absolute atomic E-state index is 13.1. The zero-order valence-corrected chi connectivity index (χ0v) is 13.1. The van der Waals surface area contributed by atoms with Crippen LogP contribution in [-0.4, -0.2) is 47.7 Å². The molecule has 1 saturated carbocycles. The third-order valence-corrected chi connectivity index (χ3v) is 5.32. The molecule has 1 saturated heterocycles. The van der Waals surface area contributed by atoms with E-state index in [-0.39, 0.29) is 29.9 Å². The van der Waals surface area contributed by atoms with Gasteiger partial charge in [0.1, 0.15) is 0 Å². The highest BCUT2D eigenvalue weighted by atomic mass is 16.5. The van der Waals surface area contributed by atoms with Gasteiger partial charge in [0.15, 0.2) is 0 Å². The zero-order chi connectivity index (χ0) is 15.5. The van der Waals surface area contributed by atoms with Gasteiger partial charge in [0.05, 0.1) is 12.5 Å². The standard InChI is InChI=1S/C16H27NO4/c1-3-16(7-5-4-6-8-16)15(20)17-11-13(21-2)9-12(17)10-14(18)19/h12-13H,3-11H2,1-2H3,(H,18,19). The molecule has 0 aromatic carbocycles. The molecule has 5 heteroatoms. The van der Waals surface area contributed by atoms with E-state index < -0.39 is 5.97 Å². The lowest BCUT2D eigenvalue weighted by atomic mass is 9.71. The second-order valence-electron chi connectivity index (χ2n) is 6.50. The summed E-state index contributed by atoms with van der Waals surface area (Å²) in [7, 11) is 1.63. The Morgan fingerprint density at radius 2 is 1.95 bits per heavy atom. The quantitative estimate of drug-likeness (QED) is 0.846. The monoisotopic (exact) mass is 297 g/mol. The van der Waals surface area contributed by atoms with E-state index in [1.165, 1.54) is 6.42 Å². The normalized spacial score (nSPS) is 28.6. The van der Waals surface area contributed by atoms with E-state index in [1.807, 2.05) is 0 Å². The van der Waals surface area contributed by atoms with E-state index in [2.05, 4.69) is 6.92 Å². The molecule has 1 aliphatic heterocycles. The molecule has 1 amide bonds. The Morgan fingerprint density at radius 3 is 2.48 bits per heavy atom. The fourth-order valence-electron chi connectivity index (χ4n) is 3.94. The summed E-state index contributed by atoms with van der Waals surface area (Å²) < 4.78 is 5.37. The minimum absolute atomic E-state index is 0.0192. The summed E-state index contributed by atoms with van der Waals surface area (Å²) in [5, 5.41) is 9.09. The molecule has 1 N–H and O–H groups in total. The first-order valence-corrected chi connectivity index (χ1v) is 8.08. The summed E-state index contributed by atoms with van der Waals surface area (Å²) in [6.07, 6.45) is 6.76. The fraction of sp³-hybridized carbons (Fsp3) is 0.875.